The van der Waals surface area contributed by atoms with E-state index in [4.69, 9.17) is 0 Å². The first-order valence-electron chi connectivity index (χ1n) is 3.37. The number of ketones is 1. The van der Waals surface area contributed by atoms with Crippen LogP contribution in [0.2, 0.25) is 0 Å². The molecule has 1 aliphatic rings. The Morgan fingerprint density at radius 1 is 1.64 bits per heavy atom. The normalized spacial score (nSPS) is 16.1. The van der Waals surface area contributed by atoms with Crippen LogP contribution in [-0.4, -0.2) is 20.5 Å². The van der Waals surface area contributed by atoms with E-state index in [1.807, 2.05) is 13.1 Å². The molecule has 0 fully saturated rings. The van der Waals surface area contributed by atoms with E-state index < -0.39 is 0 Å². The summed E-state index contributed by atoms with van der Waals surface area (Å²) in [5.41, 5.74) is 1.02. The van der Waals surface area contributed by atoms with Crippen LogP contribution >= 0.6 is 0 Å². The molecule has 0 saturated heterocycles. The van der Waals surface area contributed by atoms with Crippen LogP contribution in [-0.2, 0) is 0 Å². The van der Waals surface area contributed by atoms with Crippen LogP contribution in [0.1, 0.15) is 24.0 Å². The van der Waals surface area contributed by atoms with Gasteiger partial charge in [-0.15, -0.1) is 0 Å². The zero-order valence-corrected chi connectivity index (χ0v) is 6.11. The van der Waals surface area contributed by atoms with Gasteiger partial charge in [-0.2, -0.15) is 5.10 Å². The number of Topliss-reactive ketones (excluding diaryl/α,β-unsaturated/α-hetero) is 1. The van der Waals surface area contributed by atoms with E-state index in [9.17, 15) is 4.79 Å². The fourth-order valence-electron chi connectivity index (χ4n) is 1.13. The molecule has 4 heteroatoms. The lowest BCUT2D eigenvalue weighted by Crippen LogP contribution is -2.13. The molecular formula is C7H7N3O. The first kappa shape index (κ1) is 6.27. The molecule has 1 aromatic heterocycles. The van der Waals surface area contributed by atoms with E-state index in [2.05, 4.69) is 10.1 Å². The lowest BCUT2D eigenvalue weighted by molar-refractivity contribution is 0.0978. The predicted molar refractivity (Wildman–Crippen MR) is 38.9 cm³/mol. The molecule has 4 nitrogen and oxygen atoms in total. The van der Waals surface area contributed by atoms with Crippen molar-refractivity contribution in [2.75, 3.05) is 0 Å². The van der Waals surface area contributed by atoms with Gasteiger partial charge in [0.1, 0.15) is 6.33 Å². The summed E-state index contributed by atoms with van der Waals surface area (Å²) in [5.74, 6) is 0.484. The SMILES string of the molecule is CC1=Cn2ncnc2C(=O)C1. The van der Waals surface area contributed by atoms with E-state index in [0.29, 0.717) is 12.2 Å². The summed E-state index contributed by atoms with van der Waals surface area (Å²) >= 11 is 0. The minimum atomic E-state index is 0.0440. The number of hydrogen-bond donors (Lipinski definition) is 0. The number of allylic oxidation sites excluding steroid dienone is 1. The second kappa shape index (κ2) is 2.02. The molecule has 0 radical (unpaired) electrons. The van der Waals surface area contributed by atoms with Crippen LogP contribution in [0.25, 0.3) is 6.20 Å². The minimum Gasteiger partial charge on any atom is -0.290 e. The third kappa shape index (κ3) is 0.869. The molecule has 0 spiro atoms. The van der Waals surface area contributed by atoms with Gasteiger partial charge in [0.25, 0.3) is 0 Å². The molecule has 2 rings (SSSR count). The standard InChI is InChI=1S/C7H7N3O/c1-5-2-6(11)7-8-4-9-10(7)3-5/h3-4H,2H2,1H3. The Kier molecular flexibility index (Phi) is 1.15. The van der Waals surface area contributed by atoms with Crippen LogP contribution in [0, 0.1) is 0 Å². The van der Waals surface area contributed by atoms with Crippen molar-refractivity contribution in [2.24, 2.45) is 0 Å². The zero-order valence-electron chi connectivity index (χ0n) is 6.11. The topological polar surface area (TPSA) is 47.8 Å². The van der Waals surface area contributed by atoms with Crippen molar-refractivity contribution in [3.8, 4) is 0 Å². The van der Waals surface area contributed by atoms with Gasteiger partial charge in [-0.1, -0.05) is 0 Å². The molecule has 0 bridgehead atoms. The van der Waals surface area contributed by atoms with Gasteiger partial charge >= 0.3 is 0 Å². The second-order valence-electron chi connectivity index (χ2n) is 2.60. The summed E-state index contributed by atoms with van der Waals surface area (Å²) in [5, 5.41) is 3.87. The van der Waals surface area contributed by atoms with Crippen LogP contribution in [0.4, 0.5) is 0 Å². The van der Waals surface area contributed by atoms with Crippen molar-refractivity contribution in [1.29, 1.82) is 0 Å². The number of fused-ring (bicyclic) bond motifs is 1. The van der Waals surface area contributed by atoms with Gasteiger partial charge in [-0.05, 0) is 12.5 Å². The molecule has 1 aliphatic heterocycles. The van der Waals surface area contributed by atoms with Crippen LogP contribution in [0.3, 0.4) is 0 Å². The zero-order chi connectivity index (χ0) is 7.84. The molecule has 0 saturated carbocycles. The van der Waals surface area contributed by atoms with Crippen molar-refractivity contribution in [2.45, 2.75) is 13.3 Å². The number of nitrogens with zero attached hydrogens (tertiary/aromatic N) is 3. The maximum atomic E-state index is 11.2. The fourth-order valence-corrected chi connectivity index (χ4v) is 1.13. The summed E-state index contributed by atoms with van der Waals surface area (Å²) in [7, 11) is 0. The number of rotatable bonds is 0. The van der Waals surface area contributed by atoms with E-state index in [1.54, 1.807) is 0 Å². The van der Waals surface area contributed by atoms with Gasteiger partial charge in [0.2, 0.25) is 5.78 Å². The molecule has 2 heterocycles. The van der Waals surface area contributed by atoms with Gasteiger partial charge in [0, 0.05) is 12.6 Å². The van der Waals surface area contributed by atoms with Crippen LogP contribution in [0.15, 0.2) is 11.9 Å². The van der Waals surface area contributed by atoms with Gasteiger partial charge in [-0.25, -0.2) is 9.67 Å². The van der Waals surface area contributed by atoms with E-state index >= 15 is 0 Å². The molecule has 0 N–H and O–H groups in total. The Bertz CT molecular complexity index is 337. The van der Waals surface area contributed by atoms with Gasteiger partial charge in [0.05, 0.1) is 0 Å². The third-order valence-electron chi connectivity index (χ3n) is 1.60. The molecule has 1 aromatic rings. The maximum Gasteiger partial charge on any atom is 0.204 e. The largest absolute Gasteiger partial charge is 0.290 e. The van der Waals surface area contributed by atoms with Crippen molar-refractivity contribution in [3.05, 3.63) is 17.7 Å². The quantitative estimate of drug-likeness (QED) is 0.546. The van der Waals surface area contributed by atoms with E-state index in [-0.39, 0.29) is 5.78 Å². The molecular weight excluding hydrogens is 142 g/mol. The number of hydrogen-bond acceptors (Lipinski definition) is 3. The Balaban J connectivity index is 2.60. The van der Waals surface area contributed by atoms with Crippen molar-refractivity contribution in [3.63, 3.8) is 0 Å². The third-order valence-corrected chi connectivity index (χ3v) is 1.60. The first-order chi connectivity index (χ1) is 5.27. The highest BCUT2D eigenvalue weighted by Gasteiger charge is 2.17. The fraction of sp³-hybridized carbons (Fsp3) is 0.286. The van der Waals surface area contributed by atoms with Gasteiger partial charge in [-0.3, -0.25) is 4.79 Å². The Morgan fingerprint density at radius 3 is 3.27 bits per heavy atom. The Hall–Kier alpha value is -1.45. The maximum absolute atomic E-state index is 11.2. The lowest BCUT2D eigenvalue weighted by Gasteiger charge is -2.07. The summed E-state index contributed by atoms with van der Waals surface area (Å²) in [6.07, 6.45) is 3.69. The predicted octanol–water partition coefficient (Wildman–Crippen LogP) is 0.725. The summed E-state index contributed by atoms with van der Waals surface area (Å²) in [4.78, 5) is 15.0. The summed E-state index contributed by atoms with van der Waals surface area (Å²) in [6, 6.07) is 0. The smallest absolute Gasteiger partial charge is 0.204 e. The van der Waals surface area contributed by atoms with Gasteiger partial charge in [0.15, 0.2) is 5.82 Å². The average molecular weight is 149 g/mol. The van der Waals surface area contributed by atoms with Crippen molar-refractivity contribution in [1.82, 2.24) is 14.8 Å². The van der Waals surface area contributed by atoms with Crippen molar-refractivity contribution >= 4 is 12.0 Å². The minimum absolute atomic E-state index is 0.0440. The molecule has 0 atom stereocenters. The Morgan fingerprint density at radius 2 is 2.45 bits per heavy atom. The first-order valence-corrected chi connectivity index (χ1v) is 3.37. The number of carbonyl (C=O) groups is 1. The van der Waals surface area contributed by atoms with E-state index in [0.717, 1.165) is 5.57 Å². The molecule has 56 valence electrons. The summed E-state index contributed by atoms with van der Waals surface area (Å²) in [6.45, 7) is 1.91. The lowest BCUT2D eigenvalue weighted by atomic mass is 10.1. The highest BCUT2D eigenvalue weighted by molar-refractivity contribution is 5.96. The molecule has 0 aromatic carbocycles. The molecule has 11 heavy (non-hydrogen) atoms. The van der Waals surface area contributed by atoms with Crippen molar-refractivity contribution < 1.29 is 4.79 Å². The van der Waals surface area contributed by atoms with Crippen LogP contribution < -0.4 is 0 Å². The highest BCUT2D eigenvalue weighted by Crippen LogP contribution is 2.13. The van der Waals surface area contributed by atoms with E-state index in [1.165, 1.54) is 11.0 Å². The molecule has 0 aliphatic carbocycles. The summed E-state index contributed by atoms with van der Waals surface area (Å²) < 4.78 is 1.52. The number of aromatic nitrogens is 3. The highest BCUT2D eigenvalue weighted by atomic mass is 16.1. The average Bonchev–Trinajstić information content (AvgIpc) is 2.34. The van der Waals surface area contributed by atoms with Gasteiger partial charge < -0.3 is 0 Å². The monoisotopic (exact) mass is 149 g/mol. The number of carbonyl (C=O) groups excluding carboxylic acids is 1. The molecule has 0 amide bonds. The molecule has 0 unspecified atom stereocenters. The van der Waals surface area contributed by atoms with Crippen LogP contribution in [0.5, 0.6) is 0 Å². The second-order valence-corrected chi connectivity index (χ2v) is 2.60. The Labute approximate surface area is 63.5 Å².